The highest BCUT2D eigenvalue weighted by Gasteiger charge is 2.09. The normalized spacial score (nSPS) is 9.79. The largest absolute Gasteiger partial charge is 0.511 e. The molecule has 1 rings (SSSR count). The number of ether oxygens (including phenoxy) is 1. The van der Waals surface area contributed by atoms with E-state index in [1.807, 2.05) is 6.92 Å². The molecule has 2 N–H and O–H groups in total. The van der Waals surface area contributed by atoms with E-state index in [0.717, 1.165) is 6.42 Å². The molecule has 0 spiro atoms. The number of aromatic hydroxyl groups is 1. The average Bonchev–Trinajstić information content (AvgIpc) is 2.11. The fourth-order valence-electron chi connectivity index (χ4n) is 1.22. The minimum absolute atomic E-state index is 0.0107. The van der Waals surface area contributed by atoms with Crippen LogP contribution in [-0.4, -0.2) is 16.4 Å². The lowest BCUT2D eigenvalue weighted by atomic mass is 10.1. The van der Waals surface area contributed by atoms with Crippen LogP contribution in [0.4, 0.5) is 4.79 Å². The Bertz CT molecular complexity index is 333. The number of benzene rings is 1. The summed E-state index contributed by atoms with van der Waals surface area (Å²) in [6.07, 6.45) is 0.154. The third-order valence-corrected chi connectivity index (χ3v) is 1.80. The molecule has 0 heterocycles. The zero-order valence-corrected chi connectivity index (χ0v) is 7.86. The van der Waals surface area contributed by atoms with E-state index >= 15 is 0 Å². The molecule has 0 aromatic heterocycles. The molecule has 1 aromatic rings. The van der Waals surface area contributed by atoms with Crippen molar-refractivity contribution < 1.29 is 19.7 Å². The first-order chi connectivity index (χ1) is 6.65. The number of aryl methyl sites for hydroxylation is 1. The lowest BCUT2D eigenvalue weighted by Gasteiger charge is -2.06. The van der Waals surface area contributed by atoms with Crippen LogP contribution in [0.1, 0.15) is 18.9 Å². The Hall–Kier alpha value is -1.71. The first-order valence-corrected chi connectivity index (χ1v) is 4.36. The molecule has 14 heavy (non-hydrogen) atoms. The van der Waals surface area contributed by atoms with Crippen molar-refractivity contribution in [2.75, 3.05) is 0 Å². The highest BCUT2D eigenvalue weighted by Crippen LogP contribution is 2.30. The van der Waals surface area contributed by atoms with Gasteiger partial charge in [0.05, 0.1) is 0 Å². The second-order valence-corrected chi connectivity index (χ2v) is 2.88. The molecule has 0 fully saturated rings. The third kappa shape index (κ3) is 2.39. The number of phenolic OH excluding ortho intramolecular Hbond substituents is 1. The van der Waals surface area contributed by atoms with Crippen molar-refractivity contribution >= 4 is 6.16 Å². The molecule has 0 aliphatic rings. The minimum Gasteiger partial charge on any atom is -0.504 e. The Kier molecular flexibility index (Phi) is 3.34. The molecule has 0 unspecified atom stereocenters. The Balaban J connectivity index is 2.94. The predicted octanol–water partition coefficient (Wildman–Crippen LogP) is 2.40. The molecule has 4 heteroatoms. The van der Waals surface area contributed by atoms with Crippen LogP contribution in [0, 0.1) is 0 Å². The summed E-state index contributed by atoms with van der Waals surface area (Å²) in [6, 6.07) is 4.82. The van der Waals surface area contributed by atoms with Gasteiger partial charge in [0.2, 0.25) is 0 Å². The van der Waals surface area contributed by atoms with Gasteiger partial charge < -0.3 is 14.9 Å². The van der Waals surface area contributed by atoms with E-state index < -0.39 is 6.16 Å². The van der Waals surface area contributed by atoms with Crippen LogP contribution in [0.5, 0.6) is 11.5 Å². The van der Waals surface area contributed by atoms with Crippen LogP contribution < -0.4 is 4.74 Å². The maximum Gasteiger partial charge on any atom is 0.511 e. The second-order valence-electron chi connectivity index (χ2n) is 2.88. The van der Waals surface area contributed by atoms with Gasteiger partial charge in [-0.3, -0.25) is 0 Å². The number of para-hydroxylation sites is 1. The van der Waals surface area contributed by atoms with E-state index in [1.54, 1.807) is 12.1 Å². The number of rotatable bonds is 3. The first-order valence-electron chi connectivity index (χ1n) is 4.36. The highest BCUT2D eigenvalue weighted by molar-refractivity contribution is 5.63. The lowest BCUT2D eigenvalue weighted by Crippen LogP contribution is -2.03. The smallest absolute Gasteiger partial charge is 0.504 e. The molecule has 0 radical (unpaired) electrons. The molecule has 4 nitrogen and oxygen atoms in total. The summed E-state index contributed by atoms with van der Waals surface area (Å²) < 4.78 is 4.40. The predicted molar refractivity (Wildman–Crippen MR) is 50.8 cm³/mol. The van der Waals surface area contributed by atoms with Gasteiger partial charge in [-0.15, -0.1) is 0 Å². The molecule has 0 saturated carbocycles. The molecule has 1 aromatic carbocycles. The van der Waals surface area contributed by atoms with Crippen LogP contribution >= 0.6 is 0 Å². The Morgan fingerprint density at radius 2 is 2.21 bits per heavy atom. The van der Waals surface area contributed by atoms with Crippen molar-refractivity contribution in [3.05, 3.63) is 23.8 Å². The van der Waals surface area contributed by atoms with Crippen molar-refractivity contribution in [3.8, 4) is 11.5 Å². The van der Waals surface area contributed by atoms with Crippen molar-refractivity contribution in [2.24, 2.45) is 0 Å². The summed E-state index contributed by atoms with van der Waals surface area (Å²) in [6.45, 7) is 1.98. The first kappa shape index (κ1) is 10.4. The highest BCUT2D eigenvalue weighted by atomic mass is 16.7. The van der Waals surface area contributed by atoms with E-state index in [0.29, 0.717) is 12.0 Å². The van der Waals surface area contributed by atoms with Crippen molar-refractivity contribution in [3.63, 3.8) is 0 Å². The van der Waals surface area contributed by atoms with Gasteiger partial charge in [-0.05, 0) is 18.1 Å². The van der Waals surface area contributed by atoms with Crippen molar-refractivity contribution in [1.29, 1.82) is 0 Å². The monoisotopic (exact) mass is 196 g/mol. The summed E-state index contributed by atoms with van der Waals surface area (Å²) in [5.74, 6) is -0.0970. The Morgan fingerprint density at radius 1 is 1.50 bits per heavy atom. The lowest BCUT2D eigenvalue weighted by molar-refractivity contribution is 0.143. The zero-order chi connectivity index (χ0) is 10.6. The number of hydrogen-bond donors (Lipinski definition) is 2. The second kappa shape index (κ2) is 4.50. The fraction of sp³-hybridized carbons (Fsp3) is 0.300. The Morgan fingerprint density at radius 3 is 2.79 bits per heavy atom. The summed E-state index contributed by atoms with van der Waals surface area (Å²) >= 11 is 0. The number of phenols is 1. The standard InChI is InChI=1S/C10H12O4/c1-2-4-7-5-3-6-8(9(7)11)14-10(12)13/h3,5-6,11H,2,4H2,1H3,(H,12,13). The maximum atomic E-state index is 10.3. The molecule has 0 amide bonds. The van der Waals surface area contributed by atoms with Crippen LogP contribution in [0.3, 0.4) is 0 Å². The Labute approximate surface area is 81.8 Å². The quantitative estimate of drug-likeness (QED) is 0.575. The third-order valence-electron chi connectivity index (χ3n) is 1.80. The average molecular weight is 196 g/mol. The van der Waals surface area contributed by atoms with Crippen LogP contribution in [0.15, 0.2) is 18.2 Å². The van der Waals surface area contributed by atoms with Crippen LogP contribution in [0.25, 0.3) is 0 Å². The van der Waals surface area contributed by atoms with E-state index in [4.69, 9.17) is 5.11 Å². The van der Waals surface area contributed by atoms with Gasteiger partial charge in [0.15, 0.2) is 11.5 Å². The molecule has 0 aliphatic carbocycles. The summed E-state index contributed by atoms with van der Waals surface area (Å²) in [7, 11) is 0. The number of hydrogen-bond acceptors (Lipinski definition) is 3. The summed E-state index contributed by atoms with van der Waals surface area (Å²) in [4.78, 5) is 10.3. The number of carboxylic acid groups (broad SMARTS) is 1. The molecule has 0 bridgehead atoms. The van der Waals surface area contributed by atoms with Gasteiger partial charge in [0, 0.05) is 0 Å². The van der Waals surface area contributed by atoms with Crippen LogP contribution in [0.2, 0.25) is 0 Å². The van der Waals surface area contributed by atoms with Crippen molar-refractivity contribution in [2.45, 2.75) is 19.8 Å². The molecular formula is C10H12O4. The summed E-state index contributed by atoms with van der Waals surface area (Å²) in [5, 5.41) is 18.0. The van der Waals surface area contributed by atoms with Gasteiger partial charge in [0.1, 0.15) is 0 Å². The van der Waals surface area contributed by atoms with Gasteiger partial charge in [-0.2, -0.15) is 0 Å². The van der Waals surface area contributed by atoms with E-state index in [2.05, 4.69) is 4.74 Å². The fourth-order valence-corrected chi connectivity index (χ4v) is 1.22. The molecule has 76 valence electrons. The zero-order valence-electron chi connectivity index (χ0n) is 7.86. The van der Waals surface area contributed by atoms with Crippen molar-refractivity contribution in [1.82, 2.24) is 0 Å². The van der Waals surface area contributed by atoms with Crippen LogP contribution in [-0.2, 0) is 6.42 Å². The van der Waals surface area contributed by atoms with E-state index in [-0.39, 0.29) is 11.5 Å². The van der Waals surface area contributed by atoms with Gasteiger partial charge in [-0.1, -0.05) is 25.5 Å². The maximum absolute atomic E-state index is 10.3. The van der Waals surface area contributed by atoms with Gasteiger partial charge >= 0.3 is 6.16 Å². The van der Waals surface area contributed by atoms with Gasteiger partial charge in [0.25, 0.3) is 0 Å². The van der Waals surface area contributed by atoms with E-state index in [1.165, 1.54) is 6.07 Å². The van der Waals surface area contributed by atoms with E-state index in [9.17, 15) is 9.90 Å². The minimum atomic E-state index is -1.42. The molecule has 0 saturated heterocycles. The molecule has 0 aliphatic heterocycles. The summed E-state index contributed by atoms with van der Waals surface area (Å²) in [5.41, 5.74) is 0.700. The van der Waals surface area contributed by atoms with Gasteiger partial charge in [-0.25, -0.2) is 4.79 Å². The SMILES string of the molecule is CCCc1cccc(OC(=O)O)c1O. The molecule has 0 atom stereocenters. The molecular weight excluding hydrogens is 184 g/mol. The number of carbonyl (C=O) groups is 1. The topological polar surface area (TPSA) is 66.8 Å².